The van der Waals surface area contributed by atoms with Crippen molar-refractivity contribution in [2.75, 3.05) is 17.2 Å². The van der Waals surface area contributed by atoms with Crippen LogP contribution in [0.1, 0.15) is 32.8 Å². The summed E-state index contributed by atoms with van der Waals surface area (Å²) in [6.07, 6.45) is -0.291. The van der Waals surface area contributed by atoms with Crippen LogP contribution in [0, 0.1) is 5.82 Å². The molecular formula is C25H28FN5O6. The number of nitrogens with one attached hydrogen (secondary N) is 3. The Kier molecular flexibility index (Phi) is 8.11. The van der Waals surface area contributed by atoms with Gasteiger partial charge in [-0.25, -0.2) is 14.0 Å². The molecule has 1 heterocycles. The molecule has 0 radical (unpaired) electrons. The van der Waals surface area contributed by atoms with E-state index in [-0.39, 0.29) is 18.7 Å². The maximum absolute atomic E-state index is 13.7. The van der Waals surface area contributed by atoms with Crippen LogP contribution in [0.5, 0.6) is 0 Å². The Morgan fingerprint density at radius 3 is 2.30 bits per heavy atom. The lowest BCUT2D eigenvalue weighted by Gasteiger charge is -2.27. The molecule has 0 aliphatic carbocycles. The van der Waals surface area contributed by atoms with E-state index in [9.17, 15) is 28.4 Å². The van der Waals surface area contributed by atoms with E-state index >= 15 is 0 Å². The number of halogens is 1. The maximum atomic E-state index is 13.7. The number of anilines is 2. The first-order chi connectivity index (χ1) is 17.4. The average molecular weight is 514 g/mol. The molecule has 1 aliphatic heterocycles. The van der Waals surface area contributed by atoms with Crippen molar-refractivity contribution in [2.45, 2.75) is 45.3 Å². The van der Waals surface area contributed by atoms with Gasteiger partial charge < -0.3 is 26.0 Å². The van der Waals surface area contributed by atoms with Crippen LogP contribution in [-0.2, 0) is 20.9 Å². The molecule has 1 fully saturated rings. The third kappa shape index (κ3) is 6.60. The summed E-state index contributed by atoms with van der Waals surface area (Å²) in [5, 5.41) is 16.3. The van der Waals surface area contributed by atoms with Gasteiger partial charge in [-0.3, -0.25) is 19.3 Å². The van der Waals surface area contributed by atoms with E-state index in [2.05, 4.69) is 16.0 Å². The fourth-order valence-corrected chi connectivity index (χ4v) is 3.82. The standard InChI is InChI=1S/C25H28FN5O6/c1-15(12-21(33)34)27-20(32)14-30-22(35)25(2,3)31(24(30)37)13-16-8-10-17(11-9-16)28-23(36)29-19-7-5-4-6-18(19)26/h4-11,15H,12-14H2,1-3H3,(H,27,32)(H,33,34)(H2,28,29,36). The van der Waals surface area contributed by atoms with Gasteiger partial charge in [0, 0.05) is 18.3 Å². The van der Waals surface area contributed by atoms with E-state index in [1.54, 1.807) is 44.2 Å². The van der Waals surface area contributed by atoms with Crippen molar-refractivity contribution in [1.82, 2.24) is 15.1 Å². The summed E-state index contributed by atoms with van der Waals surface area (Å²) in [7, 11) is 0. The van der Waals surface area contributed by atoms with Crippen molar-refractivity contribution in [3.05, 3.63) is 59.9 Å². The number of imide groups is 1. The molecule has 0 saturated carbocycles. The number of carboxylic acids is 1. The predicted octanol–water partition coefficient (Wildman–Crippen LogP) is 2.99. The van der Waals surface area contributed by atoms with Crippen LogP contribution in [0.25, 0.3) is 0 Å². The number of aliphatic carboxylic acids is 1. The lowest BCUT2D eigenvalue weighted by atomic mass is 10.0. The van der Waals surface area contributed by atoms with Crippen molar-refractivity contribution < 1.29 is 33.5 Å². The minimum atomic E-state index is -1.22. The monoisotopic (exact) mass is 513 g/mol. The molecule has 4 N–H and O–H groups in total. The number of rotatable bonds is 9. The quantitative estimate of drug-likeness (QED) is 0.379. The summed E-state index contributed by atoms with van der Waals surface area (Å²) in [6, 6.07) is 10.3. The molecule has 0 spiro atoms. The first-order valence-electron chi connectivity index (χ1n) is 11.4. The topological polar surface area (TPSA) is 148 Å². The Hall–Kier alpha value is -4.48. The fourth-order valence-electron chi connectivity index (χ4n) is 3.82. The van der Waals surface area contributed by atoms with Crippen molar-refractivity contribution in [3.8, 4) is 0 Å². The minimum Gasteiger partial charge on any atom is -0.481 e. The van der Waals surface area contributed by atoms with E-state index in [4.69, 9.17) is 5.11 Å². The molecule has 196 valence electrons. The number of benzene rings is 2. The van der Waals surface area contributed by atoms with E-state index in [1.807, 2.05) is 0 Å². The molecule has 11 nitrogen and oxygen atoms in total. The van der Waals surface area contributed by atoms with Crippen molar-refractivity contribution in [3.63, 3.8) is 0 Å². The normalized spacial score (nSPS) is 15.4. The number of nitrogens with zero attached hydrogens (tertiary/aromatic N) is 2. The zero-order valence-electron chi connectivity index (χ0n) is 20.6. The Morgan fingerprint density at radius 1 is 1.03 bits per heavy atom. The van der Waals surface area contributed by atoms with Crippen LogP contribution in [-0.4, -0.2) is 62.9 Å². The highest BCUT2D eigenvalue weighted by Gasteiger charge is 2.51. The number of hydrogen-bond acceptors (Lipinski definition) is 5. The lowest BCUT2D eigenvalue weighted by molar-refractivity contribution is -0.138. The minimum absolute atomic E-state index is 0.0330. The van der Waals surface area contributed by atoms with Gasteiger partial charge in [-0.05, 0) is 50.6 Å². The summed E-state index contributed by atoms with van der Waals surface area (Å²) in [5.74, 6) is -2.85. The van der Waals surface area contributed by atoms with Crippen molar-refractivity contribution >= 4 is 41.2 Å². The molecular weight excluding hydrogens is 485 g/mol. The third-order valence-corrected chi connectivity index (χ3v) is 5.77. The average Bonchev–Trinajstić information content (AvgIpc) is 2.96. The maximum Gasteiger partial charge on any atom is 0.328 e. The van der Waals surface area contributed by atoms with Gasteiger partial charge in [0.05, 0.1) is 12.1 Å². The zero-order valence-corrected chi connectivity index (χ0v) is 20.6. The van der Waals surface area contributed by atoms with Gasteiger partial charge in [-0.2, -0.15) is 0 Å². The van der Waals surface area contributed by atoms with E-state index < -0.39 is 53.8 Å². The summed E-state index contributed by atoms with van der Waals surface area (Å²) in [4.78, 5) is 63.3. The molecule has 2 aromatic rings. The summed E-state index contributed by atoms with van der Waals surface area (Å²) >= 11 is 0. The van der Waals surface area contributed by atoms with Crippen molar-refractivity contribution in [1.29, 1.82) is 0 Å². The molecule has 37 heavy (non-hydrogen) atoms. The van der Waals surface area contributed by atoms with E-state index in [0.717, 1.165) is 4.90 Å². The number of carbonyl (C=O) groups excluding carboxylic acids is 4. The van der Waals surface area contributed by atoms with Crippen LogP contribution in [0.4, 0.5) is 25.4 Å². The molecule has 6 amide bonds. The molecule has 2 aromatic carbocycles. The first-order valence-corrected chi connectivity index (χ1v) is 11.4. The smallest absolute Gasteiger partial charge is 0.328 e. The van der Waals surface area contributed by atoms with Crippen LogP contribution in [0.3, 0.4) is 0 Å². The SMILES string of the molecule is CC(CC(=O)O)NC(=O)CN1C(=O)N(Cc2ccc(NC(=O)Nc3ccccc3F)cc2)C(C)(C)C1=O. The Morgan fingerprint density at radius 2 is 1.68 bits per heavy atom. The highest BCUT2D eigenvalue weighted by molar-refractivity contribution is 6.08. The Labute approximate surface area is 212 Å². The second kappa shape index (κ2) is 11.1. The van der Waals surface area contributed by atoms with Crippen LogP contribution in [0.15, 0.2) is 48.5 Å². The van der Waals surface area contributed by atoms with Gasteiger partial charge >= 0.3 is 18.0 Å². The summed E-state index contributed by atoms with van der Waals surface area (Å²) in [5.41, 5.74) is -0.101. The van der Waals surface area contributed by atoms with E-state index in [1.165, 1.54) is 30.0 Å². The van der Waals surface area contributed by atoms with Crippen LogP contribution in [0.2, 0.25) is 0 Å². The van der Waals surface area contributed by atoms with Gasteiger partial charge in [0.25, 0.3) is 5.91 Å². The summed E-state index contributed by atoms with van der Waals surface area (Å²) < 4.78 is 13.7. The van der Waals surface area contributed by atoms with Gasteiger partial charge in [0.1, 0.15) is 17.9 Å². The first kappa shape index (κ1) is 27.1. The van der Waals surface area contributed by atoms with Crippen LogP contribution < -0.4 is 16.0 Å². The third-order valence-electron chi connectivity index (χ3n) is 5.77. The largest absolute Gasteiger partial charge is 0.481 e. The number of urea groups is 2. The van der Waals surface area contributed by atoms with E-state index in [0.29, 0.717) is 11.3 Å². The molecule has 0 bridgehead atoms. The van der Waals surface area contributed by atoms with Gasteiger partial charge in [0.15, 0.2) is 0 Å². The van der Waals surface area contributed by atoms with Crippen LogP contribution >= 0.6 is 0 Å². The summed E-state index contributed by atoms with van der Waals surface area (Å²) in [6.45, 7) is 4.19. The fraction of sp³-hybridized carbons (Fsp3) is 0.320. The molecule has 1 aliphatic rings. The number of amides is 6. The molecule has 1 saturated heterocycles. The number of carboxylic acid groups (broad SMARTS) is 1. The number of para-hydroxylation sites is 1. The van der Waals surface area contributed by atoms with Gasteiger partial charge in [-0.15, -0.1) is 0 Å². The zero-order chi connectivity index (χ0) is 27.3. The molecule has 3 rings (SSSR count). The molecule has 1 atom stereocenters. The second-order valence-corrected chi connectivity index (χ2v) is 9.14. The Balaban J connectivity index is 1.61. The Bertz CT molecular complexity index is 1220. The highest BCUT2D eigenvalue weighted by Crippen LogP contribution is 2.29. The van der Waals surface area contributed by atoms with Gasteiger partial charge in [0.2, 0.25) is 5.91 Å². The van der Waals surface area contributed by atoms with Crippen molar-refractivity contribution in [2.24, 2.45) is 0 Å². The number of hydrogen-bond donors (Lipinski definition) is 4. The lowest BCUT2D eigenvalue weighted by Crippen LogP contribution is -2.45. The molecule has 12 heteroatoms. The van der Waals surface area contributed by atoms with Gasteiger partial charge in [-0.1, -0.05) is 24.3 Å². The predicted molar refractivity (Wildman–Crippen MR) is 132 cm³/mol. The second-order valence-electron chi connectivity index (χ2n) is 9.14. The molecule has 1 unspecified atom stereocenters. The molecule has 0 aromatic heterocycles. The highest BCUT2D eigenvalue weighted by atomic mass is 19.1. The number of carbonyl (C=O) groups is 5.